The van der Waals surface area contributed by atoms with Gasteiger partial charge in [0, 0.05) is 37.3 Å². The smallest absolute Gasteiger partial charge is 0.262 e. The molecule has 1 aromatic carbocycles. The summed E-state index contributed by atoms with van der Waals surface area (Å²) in [6.07, 6.45) is 5.50. The summed E-state index contributed by atoms with van der Waals surface area (Å²) in [6, 6.07) is 6.78. The Bertz CT molecular complexity index is 773. The molecule has 0 spiro atoms. The van der Waals surface area contributed by atoms with Gasteiger partial charge in [-0.3, -0.25) is 14.4 Å². The molecule has 7 nitrogen and oxygen atoms in total. The summed E-state index contributed by atoms with van der Waals surface area (Å²) < 4.78 is 0. The van der Waals surface area contributed by atoms with Crippen molar-refractivity contribution in [3.8, 4) is 0 Å². The van der Waals surface area contributed by atoms with E-state index in [0.29, 0.717) is 17.8 Å². The second-order valence-corrected chi connectivity index (χ2v) is 8.50. The average molecular weight is 417 g/mol. The molecule has 2 N–H and O–H groups in total. The molecule has 156 valence electrons. The predicted octanol–water partition coefficient (Wildman–Crippen LogP) is 3.03. The van der Waals surface area contributed by atoms with Crippen LogP contribution in [-0.4, -0.2) is 52.7 Å². The number of nitrogens with zero attached hydrogens (tertiary/aromatic N) is 2. The van der Waals surface area contributed by atoms with E-state index in [2.05, 4.69) is 27.4 Å². The van der Waals surface area contributed by atoms with Crippen LogP contribution in [0.25, 0.3) is 0 Å². The number of anilines is 1. The number of amidine groups is 1. The van der Waals surface area contributed by atoms with Gasteiger partial charge in [-0.2, -0.15) is 4.99 Å². The SMILES string of the molecule is CCCCCNC(=O)c1ccc(NC(=O)CC2SC(N3CCCC3)=NC2=O)cc1. The minimum Gasteiger partial charge on any atom is -0.352 e. The van der Waals surface area contributed by atoms with Crippen LogP contribution in [0.5, 0.6) is 0 Å². The third-order valence-electron chi connectivity index (χ3n) is 4.97. The molecule has 3 amide bonds. The molecule has 0 aliphatic carbocycles. The standard InChI is InChI=1S/C21H28N4O3S/c1-2-3-4-11-22-19(27)15-7-9-16(10-8-15)23-18(26)14-17-20(28)24-21(29-17)25-12-5-6-13-25/h7-10,17H,2-6,11-14H2,1H3,(H,22,27)(H,23,26). The Morgan fingerprint density at radius 2 is 1.90 bits per heavy atom. The number of nitrogens with one attached hydrogen (secondary N) is 2. The molecule has 2 heterocycles. The van der Waals surface area contributed by atoms with Gasteiger partial charge < -0.3 is 15.5 Å². The molecule has 1 saturated heterocycles. The molecule has 1 aromatic rings. The third-order valence-corrected chi connectivity index (χ3v) is 6.19. The van der Waals surface area contributed by atoms with E-state index in [1.807, 2.05) is 0 Å². The lowest BCUT2D eigenvalue weighted by atomic mass is 10.2. The molecule has 1 unspecified atom stereocenters. The molecule has 3 rings (SSSR count). The van der Waals surface area contributed by atoms with Crippen LogP contribution in [0.2, 0.25) is 0 Å². The highest BCUT2D eigenvalue weighted by Gasteiger charge is 2.33. The van der Waals surface area contributed by atoms with Crippen molar-refractivity contribution < 1.29 is 14.4 Å². The van der Waals surface area contributed by atoms with Gasteiger partial charge in [0.05, 0.1) is 0 Å². The van der Waals surface area contributed by atoms with E-state index in [0.717, 1.165) is 50.4 Å². The summed E-state index contributed by atoms with van der Waals surface area (Å²) in [6.45, 7) is 4.64. The number of aliphatic imine (C=N–C) groups is 1. The number of thioether (sulfide) groups is 1. The number of carbonyl (C=O) groups is 3. The van der Waals surface area contributed by atoms with Gasteiger partial charge >= 0.3 is 0 Å². The topological polar surface area (TPSA) is 90.9 Å². The highest BCUT2D eigenvalue weighted by atomic mass is 32.2. The minimum absolute atomic E-state index is 0.0873. The average Bonchev–Trinajstić information content (AvgIpc) is 3.36. The predicted molar refractivity (Wildman–Crippen MR) is 116 cm³/mol. The van der Waals surface area contributed by atoms with Gasteiger partial charge in [0.15, 0.2) is 5.17 Å². The zero-order valence-electron chi connectivity index (χ0n) is 16.8. The van der Waals surface area contributed by atoms with E-state index in [4.69, 9.17) is 0 Å². The third kappa shape index (κ3) is 6.06. The molecule has 2 aliphatic rings. The van der Waals surface area contributed by atoms with Crippen LogP contribution in [0.15, 0.2) is 29.3 Å². The Balaban J connectivity index is 1.45. The molecular formula is C21H28N4O3S. The maximum atomic E-state index is 12.3. The number of hydrogen-bond acceptors (Lipinski definition) is 5. The highest BCUT2D eigenvalue weighted by molar-refractivity contribution is 8.15. The Labute approximate surface area is 175 Å². The summed E-state index contributed by atoms with van der Waals surface area (Å²) >= 11 is 1.38. The monoisotopic (exact) mass is 416 g/mol. The maximum Gasteiger partial charge on any atom is 0.262 e. The summed E-state index contributed by atoms with van der Waals surface area (Å²) in [7, 11) is 0. The molecule has 1 atom stereocenters. The molecule has 1 fully saturated rings. The number of hydrogen-bond donors (Lipinski definition) is 2. The van der Waals surface area contributed by atoms with Crippen molar-refractivity contribution in [3.05, 3.63) is 29.8 Å². The molecule has 8 heteroatoms. The number of likely N-dealkylation sites (tertiary alicyclic amines) is 1. The normalized spacial score (nSPS) is 18.7. The number of carbonyl (C=O) groups excluding carboxylic acids is 3. The van der Waals surface area contributed by atoms with Gasteiger partial charge in [-0.15, -0.1) is 0 Å². The van der Waals surface area contributed by atoms with Gasteiger partial charge in [0.1, 0.15) is 5.25 Å². The van der Waals surface area contributed by atoms with Crippen molar-refractivity contribution >= 4 is 40.3 Å². The summed E-state index contributed by atoms with van der Waals surface area (Å²) in [5.41, 5.74) is 1.17. The van der Waals surface area contributed by atoms with Crippen molar-refractivity contribution in [1.82, 2.24) is 10.2 Å². The fraction of sp³-hybridized carbons (Fsp3) is 0.524. The molecule has 0 bridgehead atoms. The van der Waals surface area contributed by atoms with Crippen LogP contribution in [0.3, 0.4) is 0 Å². The first-order valence-electron chi connectivity index (χ1n) is 10.3. The van der Waals surface area contributed by atoms with Crippen molar-refractivity contribution in [2.75, 3.05) is 25.0 Å². The maximum absolute atomic E-state index is 12.3. The van der Waals surface area contributed by atoms with Crippen LogP contribution in [0.1, 0.15) is 55.8 Å². The van der Waals surface area contributed by atoms with Crippen LogP contribution in [0, 0.1) is 0 Å². The van der Waals surface area contributed by atoms with E-state index < -0.39 is 5.25 Å². The first-order chi connectivity index (χ1) is 14.1. The van der Waals surface area contributed by atoms with Gasteiger partial charge in [-0.05, 0) is 43.5 Å². The van der Waals surface area contributed by atoms with Gasteiger partial charge in [-0.1, -0.05) is 31.5 Å². The first kappa shape index (κ1) is 21.4. The Morgan fingerprint density at radius 3 is 2.59 bits per heavy atom. The van der Waals surface area contributed by atoms with Crippen LogP contribution in [0.4, 0.5) is 5.69 Å². The van der Waals surface area contributed by atoms with Crippen molar-refractivity contribution in [2.24, 2.45) is 4.99 Å². The van der Waals surface area contributed by atoms with Crippen molar-refractivity contribution in [2.45, 2.75) is 50.7 Å². The lowest BCUT2D eigenvalue weighted by Gasteiger charge is -2.16. The lowest BCUT2D eigenvalue weighted by Crippen LogP contribution is -2.25. The highest BCUT2D eigenvalue weighted by Crippen LogP contribution is 2.29. The number of rotatable bonds is 8. The Kier molecular flexibility index (Phi) is 7.69. The van der Waals surface area contributed by atoms with Crippen LogP contribution < -0.4 is 10.6 Å². The molecule has 0 radical (unpaired) electrons. The molecule has 0 aromatic heterocycles. The summed E-state index contributed by atoms with van der Waals surface area (Å²) in [5.74, 6) is -0.578. The fourth-order valence-electron chi connectivity index (χ4n) is 3.32. The van der Waals surface area contributed by atoms with Gasteiger partial charge in [-0.25, -0.2) is 0 Å². The van der Waals surface area contributed by atoms with Crippen LogP contribution >= 0.6 is 11.8 Å². The number of unbranched alkanes of at least 4 members (excludes halogenated alkanes) is 2. The summed E-state index contributed by atoms with van der Waals surface area (Å²) in [4.78, 5) is 42.8. The molecule has 29 heavy (non-hydrogen) atoms. The van der Waals surface area contributed by atoms with E-state index in [9.17, 15) is 14.4 Å². The van der Waals surface area contributed by atoms with Crippen molar-refractivity contribution in [1.29, 1.82) is 0 Å². The number of benzene rings is 1. The van der Waals surface area contributed by atoms with E-state index in [-0.39, 0.29) is 24.1 Å². The minimum atomic E-state index is -0.459. The molecule has 0 saturated carbocycles. The quantitative estimate of drug-likeness (QED) is 0.636. The summed E-state index contributed by atoms with van der Waals surface area (Å²) in [5, 5.41) is 5.98. The van der Waals surface area contributed by atoms with E-state index in [1.54, 1.807) is 24.3 Å². The zero-order chi connectivity index (χ0) is 20.6. The van der Waals surface area contributed by atoms with Crippen LogP contribution in [-0.2, 0) is 9.59 Å². The Hall–Kier alpha value is -2.35. The first-order valence-corrected chi connectivity index (χ1v) is 11.2. The van der Waals surface area contributed by atoms with Gasteiger partial charge in [0.25, 0.3) is 11.8 Å². The zero-order valence-corrected chi connectivity index (χ0v) is 17.6. The van der Waals surface area contributed by atoms with E-state index >= 15 is 0 Å². The Morgan fingerprint density at radius 1 is 1.17 bits per heavy atom. The van der Waals surface area contributed by atoms with E-state index in [1.165, 1.54) is 11.8 Å². The molecular weight excluding hydrogens is 388 g/mol. The lowest BCUT2D eigenvalue weighted by molar-refractivity contribution is -0.121. The molecule has 2 aliphatic heterocycles. The fourth-order valence-corrected chi connectivity index (χ4v) is 4.43. The van der Waals surface area contributed by atoms with Gasteiger partial charge in [0.2, 0.25) is 5.91 Å². The second kappa shape index (κ2) is 10.4. The number of amides is 3. The largest absolute Gasteiger partial charge is 0.352 e. The second-order valence-electron chi connectivity index (χ2n) is 7.33. The van der Waals surface area contributed by atoms with Crippen molar-refractivity contribution in [3.63, 3.8) is 0 Å².